The number of hydrogen-bond donors (Lipinski definition) is 2. The summed E-state index contributed by atoms with van der Waals surface area (Å²) in [7, 11) is 1.69. The first-order valence-corrected chi connectivity index (χ1v) is 9.28. The van der Waals surface area contributed by atoms with Gasteiger partial charge in [-0.25, -0.2) is 0 Å². The molecule has 0 spiro atoms. The molecular weight excluding hydrogens is 326 g/mol. The van der Waals surface area contributed by atoms with E-state index in [-0.39, 0.29) is 0 Å². The summed E-state index contributed by atoms with van der Waals surface area (Å²) in [6, 6.07) is 10.3. The Kier molecular flexibility index (Phi) is 7.99. The number of methoxy groups -OCH3 is 1. The van der Waals surface area contributed by atoms with E-state index in [4.69, 9.17) is 4.74 Å². The van der Waals surface area contributed by atoms with Crippen LogP contribution in [0.1, 0.15) is 30.3 Å². The van der Waals surface area contributed by atoms with Crippen molar-refractivity contribution in [3.8, 4) is 5.75 Å². The van der Waals surface area contributed by atoms with Gasteiger partial charge in [0.05, 0.1) is 12.8 Å². The molecule has 0 fully saturated rings. The van der Waals surface area contributed by atoms with Gasteiger partial charge in [-0.3, -0.25) is 9.67 Å². The minimum atomic E-state index is 0.771. The molecule has 6 nitrogen and oxygen atoms in total. The van der Waals surface area contributed by atoms with E-state index in [0.717, 1.165) is 56.4 Å². The van der Waals surface area contributed by atoms with Gasteiger partial charge >= 0.3 is 0 Å². The van der Waals surface area contributed by atoms with Gasteiger partial charge in [0.25, 0.3) is 0 Å². The molecule has 0 bridgehead atoms. The molecule has 142 valence electrons. The van der Waals surface area contributed by atoms with E-state index in [2.05, 4.69) is 52.8 Å². The molecule has 0 amide bonds. The summed E-state index contributed by atoms with van der Waals surface area (Å²) >= 11 is 0. The van der Waals surface area contributed by atoms with Crippen LogP contribution in [0.3, 0.4) is 0 Å². The molecule has 0 atom stereocenters. The summed E-state index contributed by atoms with van der Waals surface area (Å²) < 4.78 is 7.32. The number of aromatic nitrogens is 2. The van der Waals surface area contributed by atoms with Gasteiger partial charge in [0.15, 0.2) is 5.96 Å². The molecule has 6 heteroatoms. The molecule has 0 radical (unpaired) electrons. The second-order valence-corrected chi connectivity index (χ2v) is 6.29. The SMILES string of the molecule is CCNC(=NCCCn1nc(C)cc1C)NCCc1cccc(OC)c1. The second-order valence-electron chi connectivity index (χ2n) is 6.29. The molecule has 1 aromatic heterocycles. The van der Waals surface area contributed by atoms with Gasteiger partial charge < -0.3 is 15.4 Å². The third-order valence-corrected chi connectivity index (χ3v) is 4.09. The fraction of sp³-hybridized carbons (Fsp3) is 0.500. The van der Waals surface area contributed by atoms with Crippen molar-refractivity contribution in [2.75, 3.05) is 26.7 Å². The van der Waals surface area contributed by atoms with Crippen LogP contribution in [0.5, 0.6) is 5.75 Å². The number of aryl methyl sites for hydroxylation is 3. The molecule has 0 saturated carbocycles. The van der Waals surface area contributed by atoms with Crippen LogP contribution in [0.2, 0.25) is 0 Å². The van der Waals surface area contributed by atoms with Gasteiger partial charge in [0.1, 0.15) is 5.75 Å². The lowest BCUT2D eigenvalue weighted by molar-refractivity contribution is 0.414. The quantitative estimate of drug-likeness (QED) is 0.411. The minimum Gasteiger partial charge on any atom is -0.497 e. The van der Waals surface area contributed by atoms with Crippen LogP contribution in [0.25, 0.3) is 0 Å². The topological polar surface area (TPSA) is 63.5 Å². The summed E-state index contributed by atoms with van der Waals surface area (Å²) in [5, 5.41) is 11.2. The Morgan fingerprint density at radius 3 is 2.77 bits per heavy atom. The zero-order valence-corrected chi connectivity index (χ0v) is 16.4. The number of nitrogens with one attached hydrogen (secondary N) is 2. The molecule has 1 heterocycles. The summed E-state index contributed by atoms with van der Waals surface area (Å²) in [6.45, 7) is 9.54. The van der Waals surface area contributed by atoms with Gasteiger partial charge in [0, 0.05) is 31.9 Å². The van der Waals surface area contributed by atoms with E-state index in [0.29, 0.717) is 0 Å². The van der Waals surface area contributed by atoms with Crippen LogP contribution < -0.4 is 15.4 Å². The minimum absolute atomic E-state index is 0.771. The number of guanidine groups is 1. The molecule has 0 aliphatic heterocycles. The fourth-order valence-electron chi connectivity index (χ4n) is 2.81. The average molecular weight is 358 g/mol. The zero-order valence-electron chi connectivity index (χ0n) is 16.4. The Balaban J connectivity index is 1.77. The largest absolute Gasteiger partial charge is 0.497 e. The molecule has 2 rings (SSSR count). The van der Waals surface area contributed by atoms with E-state index in [1.807, 2.05) is 23.7 Å². The highest BCUT2D eigenvalue weighted by molar-refractivity contribution is 5.79. The van der Waals surface area contributed by atoms with Crippen LogP contribution in [0.15, 0.2) is 35.3 Å². The molecule has 0 aliphatic rings. The number of ether oxygens (including phenoxy) is 1. The van der Waals surface area contributed by atoms with Crippen molar-refractivity contribution in [3.63, 3.8) is 0 Å². The number of rotatable bonds is 9. The number of hydrogen-bond acceptors (Lipinski definition) is 3. The average Bonchev–Trinajstić information content (AvgIpc) is 2.96. The molecule has 0 unspecified atom stereocenters. The maximum Gasteiger partial charge on any atom is 0.191 e. The van der Waals surface area contributed by atoms with Crippen LogP contribution in [0, 0.1) is 13.8 Å². The predicted molar refractivity (Wildman–Crippen MR) is 107 cm³/mol. The van der Waals surface area contributed by atoms with E-state index < -0.39 is 0 Å². The second kappa shape index (κ2) is 10.5. The highest BCUT2D eigenvalue weighted by Gasteiger charge is 2.01. The number of nitrogens with zero attached hydrogens (tertiary/aromatic N) is 3. The maximum atomic E-state index is 5.27. The lowest BCUT2D eigenvalue weighted by Crippen LogP contribution is -2.38. The van der Waals surface area contributed by atoms with Gasteiger partial charge in [-0.15, -0.1) is 0 Å². The van der Waals surface area contributed by atoms with Crippen molar-refractivity contribution in [1.82, 2.24) is 20.4 Å². The van der Waals surface area contributed by atoms with E-state index in [1.165, 1.54) is 11.3 Å². The third-order valence-electron chi connectivity index (χ3n) is 4.09. The highest BCUT2D eigenvalue weighted by Crippen LogP contribution is 2.12. The van der Waals surface area contributed by atoms with Crippen molar-refractivity contribution in [1.29, 1.82) is 0 Å². The van der Waals surface area contributed by atoms with Crippen molar-refractivity contribution in [2.24, 2.45) is 4.99 Å². The molecule has 2 N–H and O–H groups in total. The van der Waals surface area contributed by atoms with Crippen molar-refractivity contribution >= 4 is 5.96 Å². The first-order chi connectivity index (χ1) is 12.6. The monoisotopic (exact) mass is 357 g/mol. The normalized spacial score (nSPS) is 11.5. The predicted octanol–water partition coefficient (Wildman–Crippen LogP) is 2.70. The fourth-order valence-corrected chi connectivity index (χ4v) is 2.81. The van der Waals surface area contributed by atoms with Gasteiger partial charge in [-0.1, -0.05) is 12.1 Å². The lowest BCUT2D eigenvalue weighted by atomic mass is 10.1. The highest BCUT2D eigenvalue weighted by atomic mass is 16.5. The van der Waals surface area contributed by atoms with Crippen molar-refractivity contribution in [2.45, 2.75) is 40.2 Å². The first kappa shape index (κ1) is 19.8. The Hall–Kier alpha value is -2.50. The Morgan fingerprint density at radius 2 is 2.08 bits per heavy atom. The van der Waals surface area contributed by atoms with Crippen LogP contribution in [-0.2, 0) is 13.0 Å². The summed E-state index contributed by atoms with van der Waals surface area (Å²) in [4.78, 5) is 4.66. The van der Waals surface area contributed by atoms with Crippen LogP contribution in [0.4, 0.5) is 0 Å². The number of benzene rings is 1. The van der Waals surface area contributed by atoms with Crippen LogP contribution in [-0.4, -0.2) is 42.5 Å². The molecule has 2 aromatic rings. The van der Waals surface area contributed by atoms with Crippen molar-refractivity contribution in [3.05, 3.63) is 47.3 Å². The lowest BCUT2D eigenvalue weighted by Gasteiger charge is -2.12. The Morgan fingerprint density at radius 1 is 1.23 bits per heavy atom. The van der Waals surface area contributed by atoms with Crippen molar-refractivity contribution < 1.29 is 4.74 Å². The Labute approximate surface area is 156 Å². The van der Waals surface area contributed by atoms with E-state index in [1.54, 1.807) is 7.11 Å². The summed E-state index contributed by atoms with van der Waals surface area (Å²) in [6.07, 6.45) is 1.89. The smallest absolute Gasteiger partial charge is 0.191 e. The van der Waals surface area contributed by atoms with E-state index in [9.17, 15) is 0 Å². The van der Waals surface area contributed by atoms with Crippen LogP contribution >= 0.6 is 0 Å². The summed E-state index contributed by atoms with van der Waals surface area (Å²) in [5.74, 6) is 1.76. The number of aliphatic imine (C=N–C) groups is 1. The molecular formula is C20H31N5O. The molecule has 0 aliphatic carbocycles. The first-order valence-electron chi connectivity index (χ1n) is 9.28. The van der Waals surface area contributed by atoms with Gasteiger partial charge in [-0.05, 0) is 57.4 Å². The van der Waals surface area contributed by atoms with E-state index >= 15 is 0 Å². The zero-order chi connectivity index (χ0) is 18.8. The summed E-state index contributed by atoms with van der Waals surface area (Å²) in [5.41, 5.74) is 3.52. The maximum absolute atomic E-state index is 5.27. The molecule has 26 heavy (non-hydrogen) atoms. The molecule has 0 saturated heterocycles. The van der Waals surface area contributed by atoms with Gasteiger partial charge in [-0.2, -0.15) is 5.10 Å². The Bertz CT molecular complexity index is 708. The molecule has 1 aromatic carbocycles. The third kappa shape index (κ3) is 6.43. The standard InChI is InChI=1S/C20H31N5O/c1-5-21-20(22-11-7-13-25-17(3)14-16(2)24-25)23-12-10-18-8-6-9-19(15-18)26-4/h6,8-9,14-15H,5,7,10-13H2,1-4H3,(H2,21,22,23). The van der Waals surface area contributed by atoms with Gasteiger partial charge in [0.2, 0.25) is 0 Å².